The zero-order valence-corrected chi connectivity index (χ0v) is 19.0. The van der Waals surface area contributed by atoms with E-state index in [9.17, 15) is 9.59 Å². The van der Waals surface area contributed by atoms with Gasteiger partial charge in [-0.15, -0.1) is 0 Å². The molecule has 0 spiro atoms. The van der Waals surface area contributed by atoms with E-state index in [2.05, 4.69) is 35.4 Å². The third-order valence-electron chi connectivity index (χ3n) is 6.26. The molecule has 166 valence electrons. The van der Waals surface area contributed by atoms with Gasteiger partial charge in [0.05, 0.1) is 5.41 Å². The molecule has 1 aliphatic heterocycles. The minimum Gasteiger partial charge on any atom is -0.348 e. The molecular formula is C26H30N4O2. The molecule has 0 bridgehead atoms. The quantitative estimate of drug-likeness (QED) is 0.599. The van der Waals surface area contributed by atoms with Crippen LogP contribution >= 0.6 is 0 Å². The lowest BCUT2D eigenvalue weighted by molar-refractivity contribution is -0.138. The van der Waals surface area contributed by atoms with Gasteiger partial charge in [0.1, 0.15) is 5.69 Å². The maximum absolute atomic E-state index is 13.3. The predicted molar refractivity (Wildman–Crippen MR) is 125 cm³/mol. The van der Waals surface area contributed by atoms with Crippen molar-refractivity contribution >= 4 is 11.8 Å². The molecule has 1 saturated heterocycles. The van der Waals surface area contributed by atoms with Gasteiger partial charge in [0.2, 0.25) is 5.91 Å². The summed E-state index contributed by atoms with van der Waals surface area (Å²) in [4.78, 5) is 29.9. The van der Waals surface area contributed by atoms with Gasteiger partial charge in [-0.25, -0.2) is 0 Å². The molecule has 2 amide bonds. The van der Waals surface area contributed by atoms with Crippen LogP contribution in [0.3, 0.4) is 0 Å². The molecule has 1 atom stereocenters. The summed E-state index contributed by atoms with van der Waals surface area (Å²) in [5.74, 6) is -0.0410. The van der Waals surface area contributed by atoms with Crippen LogP contribution in [-0.4, -0.2) is 58.6 Å². The number of carbonyl (C=O) groups excluding carboxylic acids is 2. The van der Waals surface area contributed by atoms with Crippen LogP contribution in [0, 0.1) is 5.41 Å². The summed E-state index contributed by atoms with van der Waals surface area (Å²) in [5.41, 5.74) is 3.18. The molecule has 1 fully saturated rings. The van der Waals surface area contributed by atoms with Crippen molar-refractivity contribution in [3.63, 3.8) is 0 Å². The molecule has 1 aliphatic rings. The third-order valence-corrected chi connectivity index (χ3v) is 6.26. The summed E-state index contributed by atoms with van der Waals surface area (Å²) >= 11 is 0. The van der Waals surface area contributed by atoms with Crippen molar-refractivity contribution in [1.29, 1.82) is 0 Å². The molecule has 3 aromatic rings. The molecule has 32 heavy (non-hydrogen) atoms. The smallest absolute Gasteiger partial charge is 0.274 e. The molecule has 0 saturated carbocycles. The van der Waals surface area contributed by atoms with Gasteiger partial charge < -0.3 is 9.80 Å². The summed E-state index contributed by atoms with van der Waals surface area (Å²) < 4.78 is 1.75. The number of aryl methyl sites for hydroxylation is 1. The van der Waals surface area contributed by atoms with Crippen LogP contribution in [0.5, 0.6) is 0 Å². The van der Waals surface area contributed by atoms with Gasteiger partial charge in [-0.05, 0) is 42.5 Å². The zero-order valence-electron chi connectivity index (χ0n) is 19.0. The second-order valence-electron chi connectivity index (χ2n) is 8.76. The van der Waals surface area contributed by atoms with E-state index in [1.165, 1.54) is 0 Å². The first kappa shape index (κ1) is 21.8. The second kappa shape index (κ2) is 8.99. The van der Waals surface area contributed by atoms with Crippen LogP contribution in [0.15, 0.2) is 66.9 Å². The highest BCUT2D eigenvalue weighted by Gasteiger charge is 2.47. The van der Waals surface area contributed by atoms with Gasteiger partial charge in [-0.3, -0.25) is 14.3 Å². The highest BCUT2D eigenvalue weighted by Crippen LogP contribution is 2.37. The van der Waals surface area contributed by atoms with E-state index in [-0.39, 0.29) is 11.8 Å². The van der Waals surface area contributed by atoms with Gasteiger partial charge >= 0.3 is 0 Å². The summed E-state index contributed by atoms with van der Waals surface area (Å²) in [6, 6.07) is 20.4. The number of aromatic nitrogens is 2. The van der Waals surface area contributed by atoms with Crippen LogP contribution in [0.2, 0.25) is 0 Å². The average Bonchev–Trinajstić information content (AvgIpc) is 3.47. The van der Waals surface area contributed by atoms with Crippen molar-refractivity contribution in [2.75, 3.05) is 27.2 Å². The third kappa shape index (κ3) is 4.31. The Bertz CT molecular complexity index is 1110. The number of rotatable bonds is 6. The van der Waals surface area contributed by atoms with E-state index >= 15 is 0 Å². The molecule has 1 unspecified atom stereocenters. The van der Waals surface area contributed by atoms with Crippen LogP contribution in [0.25, 0.3) is 11.1 Å². The lowest BCUT2D eigenvalue weighted by Crippen LogP contribution is -2.44. The van der Waals surface area contributed by atoms with Crippen LogP contribution in [-0.2, 0) is 17.8 Å². The number of hydrogen-bond acceptors (Lipinski definition) is 3. The van der Waals surface area contributed by atoms with Crippen molar-refractivity contribution in [2.45, 2.75) is 26.3 Å². The number of carbonyl (C=O) groups is 2. The second-order valence-corrected chi connectivity index (χ2v) is 8.76. The normalized spacial score (nSPS) is 18.0. The fraction of sp³-hybridized carbons (Fsp3) is 0.346. The van der Waals surface area contributed by atoms with E-state index in [1.54, 1.807) is 34.6 Å². The maximum Gasteiger partial charge on any atom is 0.274 e. The van der Waals surface area contributed by atoms with Gasteiger partial charge in [0.15, 0.2) is 0 Å². The Morgan fingerprint density at radius 2 is 1.78 bits per heavy atom. The first-order valence-corrected chi connectivity index (χ1v) is 11.1. The Morgan fingerprint density at radius 1 is 1.03 bits per heavy atom. The Hall–Kier alpha value is -3.41. The number of likely N-dealkylation sites (tertiary alicyclic amines) is 1. The Morgan fingerprint density at radius 3 is 2.47 bits per heavy atom. The molecule has 1 aromatic heterocycles. The SMILES string of the molecule is CCn1ccc(C(=O)N2CCC(Cc3cccc(-c4ccccc4)c3)(C(=O)N(C)C)C2)n1. The largest absolute Gasteiger partial charge is 0.348 e. The van der Waals surface area contributed by atoms with Gasteiger partial charge in [0.25, 0.3) is 5.91 Å². The molecule has 2 heterocycles. The fourth-order valence-corrected chi connectivity index (χ4v) is 4.61. The summed E-state index contributed by atoms with van der Waals surface area (Å²) in [7, 11) is 3.58. The molecule has 4 rings (SSSR count). The molecule has 6 heteroatoms. The molecular weight excluding hydrogens is 400 g/mol. The Balaban J connectivity index is 1.60. The average molecular weight is 431 g/mol. The monoisotopic (exact) mass is 430 g/mol. The van der Waals surface area contributed by atoms with E-state index in [4.69, 9.17) is 0 Å². The minimum atomic E-state index is -0.637. The Kier molecular flexibility index (Phi) is 6.12. The van der Waals surface area contributed by atoms with Gasteiger partial charge in [-0.1, -0.05) is 54.6 Å². The predicted octanol–water partition coefficient (Wildman–Crippen LogP) is 3.73. The number of hydrogen-bond donors (Lipinski definition) is 0. The van der Waals surface area contributed by atoms with Crippen molar-refractivity contribution in [3.05, 3.63) is 78.1 Å². The summed E-state index contributed by atoms with van der Waals surface area (Å²) in [5, 5.41) is 4.36. The van der Waals surface area contributed by atoms with Crippen molar-refractivity contribution < 1.29 is 9.59 Å². The van der Waals surface area contributed by atoms with E-state index < -0.39 is 5.41 Å². The molecule has 6 nitrogen and oxygen atoms in total. The van der Waals surface area contributed by atoms with Crippen molar-refractivity contribution in [3.8, 4) is 11.1 Å². The Labute approximate surface area is 189 Å². The minimum absolute atomic E-state index is 0.0667. The highest BCUT2D eigenvalue weighted by molar-refractivity contribution is 5.93. The van der Waals surface area contributed by atoms with Crippen LogP contribution in [0.1, 0.15) is 29.4 Å². The first-order valence-electron chi connectivity index (χ1n) is 11.1. The van der Waals surface area contributed by atoms with Crippen molar-refractivity contribution in [2.24, 2.45) is 5.41 Å². The van der Waals surface area contributed by atoms with Crippen LogP contribution < -0.4 is 0 Å². The van der Waals surface area contributed by atoms with E-state index in [1.807, 2.05) is 37.4 Å². The highest BCUT2D eigenvalue weighted by atomic mass is 16.2. The van der Waals surface area contributed by atoms with Crippen molar-refractivity contribution in [1.82, 2.24) is 19.6 Å². The van der Waals surface area contributed by atoms with E-state index in [0.29, 0.717) is 38.2 Å². The summed E-state index contributed by atoms with van der Waals surface area (Å²) in [6.45, 7) is 3.66. The lowest BCUT2D eigenvalue weighted by Gasteiger charge is -2.31. The molecule has 0 aliphatic carbocycles. The zero-order chi connectivity index (χ0) is 22.7. The van der Waals surface area contributed by atoms with Crippen LogP contribution in [0.4, 0.5) is 0 Å². The number of amides is 2. The standard InChI is InChI=1S/C26H30N4O2/c1-4-30-15-13-23(27-30)24(31)29-16-14-26(19-29,25(32)28(2)3)18-20-9-8-12-22(17-20)21-10-6-5-7-11-21/h5-13,15,17H,4,14,16,18-19H2,1-3H3. The fourth-order valence-electron chi connectivity index (χ4n) is 4.61. The molecule has 2 aromatic carbocycles. The van der Waals surface area contributed by atoms with E-state index in [0.717, 1.165) is 16.7 Å². The maximum atomic E-state index is 13.3. The molecule has 0 N–H and O–H groups in total. The summed E-state index contributed by atoms with van der Waals surface area (Å²) in [6.07, 6.45) is 3.05. The topological polar surface area (TPSA) is 58.4 Å². The first-order chi connectivity index (χ1) is 15.4. The molecule has 0 radical (unpaired) electrons. The van der Waals surface area contributed by atoms with Gasteiger partial charge in [-0.2, -0.15) is 5.10 Å². The lowest BCUT2D eigenvalue weighted by atomic mass is 9.79. The number of benzene rings is 2. The number of nitrogens with zero attached hydrogens (tertiary/aromatic N) is 4. The van der Waals surface area contributed by atoms with Gasteiger partial charge in [0, 0.05) is 39.9 Å².